The van der Waals surface area contributed by atoms with Crippen LogP contribution in [-0.2, 0) is 9.53 Å². The first kappa shape index (κ1) is 16.0. The largest absolute Gasteiger partial charge is 0.384 e. The Balaban J connectivity index is 1.79. The fourth-order valence-corrected chi connectivity index (χ4v) is 2.98. The molecule has 1 heterocycles. The standard InChI is InChI=1S/C17H26N2O2/c1-14(16-8-4-3-5-9-16)18-17(20)12-19-10-6-7-15(11-19)13-21-2/h3-5,8-9,14-15H,6-7,10-13H2,1-2H3,(H,18,20)/t14-,15-/m1/s1. The molecular weight excluding hydrogens is 264 g/mol. The van der Waals surface area contributed by atoms with Gasteiger partial charge in [-0.25, -0.2) is 0 Å². The summed E-state index contributed by atoms with van der Waals surface area (Å²) in [5, 5.41) is 3.08. The molecule has 0 aliphatic carbocycles. The number of nitrogens with one attached hydrogen (secondary N) is 1. The molecule has 0 radical (unpaired) electrons. The third-order valence-corrected chi connectivity index (χ3v) is 4.05. The Morgan fingerprint density at radius 2 is 2.19 bits per heavy atom. The molecular formula is C17H26N2O2. The van der Waals surface area contributed by atoms with Gasteiger partial charge in [0.05, 0.1) is 19.2 Å². The van der Waals surface area contributed by atoms with E-state index in [1.54, 1.807) is 7.11 Å². The van der Waals surface area contributed by atoms with Gasteiger partial charge < -0.3 is 10.1 Å². The Labute approximate surface area is 127 Å². The lowest BCUT2D eigenvalue weighted by Crippen LogP contribution is -2.43. The van der Waals surface area contributed by atoms with Crippen molar-refractivity contribution in [2.75, 3.05) is 33.4 Å². The fourth-order valence-electron chi connectivity index (χ4n) is 2.98. The van der Waals surface area contributed by atoms with Crippen LogP contribution in [0.4, 0.5) is 0 Å². The number of carbonyl (C=O) groups excluding carboxylic acids is 1. The van der Waals surface area contributed by atoms with Crippen LogP contribution in [0.2, 0.25) is 0 Å². The molecule has 0 spiro atoms. The molecule has 1 amide bonds. The molecule has 0 aromatic heterocycles. The van der Waals surface area contributed by atoms with Crippen molar-refractivity contribution in [3.05, 3.63) is 35.9 Å². The number of amides is 1. The van der Waals surface area contributed by atoms with Crippen molar-refractivity contribution in [3.63, 3.8) is 0 Å². The molecule has 0 bridgehead atoms. The minimum absolute atomic E-state index is 0.0539. The zero-order valence-electron chi connectivity index (χ0n) is 13.0. The van der Waals surface area contributed by atoms with E-state index in [0.717, 1.165) is 31.7 Å². The van der Waals surface area contributed by atoms with Crippen molar-refractivity contribution in [2.24, 2.45) is 5.92 Å². The van der Waals surface area contributed by atoms with Gasteiger partial charge in [-0.1, -0.05) is 30.3 Å². The lowest BCUT2D eigenvalue weighted by atomic mass is 9.99. The number of hydrogen-bond acceptors (Lipinski definition) is 3. The minimum Gasteiger partial charge on any atom is -0.384 e. The smallest absolute Gasteiger partial charge is 0.234 e. The Bertz CT molecular complexity index is 434. The highest BCUT2D eigenvalue weighted by Crippen LogP contribution is 2.16. The second kappa shape index (κ2) is 8.15. The second-order valence-electron chi connectivity index (χ2n) is 5.90. The summed E-state index contributed by atoms with van der Waals surface area (Å²) < 4.78 is 5.23. The minimum atomic E-state index is 0.0539. The molecule has 4 nitrogen and oxygen atoms in total. The molecule has 1 aromatic rings. The van der Waals surface area contributed by atoms with E-state index in [2.05, 4.69) is 10.2 Å². The quantitative estimate of drug-likeness (QED) is 0.873. The number of likely N-dealkylation sites (tertiary alicyclic amines) is 1. The topological polar surface area (TPSA) is 41.6 Å². The molecule has 0 unspecified atom stereocenters. The van der Waals surface area contributed by atoms with Crippen LogP contribution >= 0.6 is 0 Å². The van der Waals surface area contributed by atoms with Gasteiger partial charge in [0.25, 0.3) is 0 Å². The molecule has 4 heteroatoms. The monoisotopic (exact) mass is 290 g/mol. The summed E-state index contributed by atoms with van der Waals surface area (Å²) in [5.41, 5.74) is 1.14. The lowest BCUT2D eigenvalue weighted by molar-refractivity contribution is -0.123. The third kappa shape index (κ3) is 5.14. The Kier molecular flexibility index (Phi) is 6.21. The van der Waals surface area contributed by atoms with Gasteiger partial charge in [0, 0.05) is 13.7 Å². The summed E-state index contributed by atoms with van der Waals surface area (Å²) in [5.74, 6) is 0.660. The van der Waals surface area contributed by atoms with Crippen LogP contribution < -0.4 is 5.32 Å². The van der Waals surface area contributed by atoms with Crippen LogP contribution in [-0.4, -0.2) is 44.2 Å². The number of piperidine rings is 1. The first-order valence-electron chi connectivity index (χ1n) is 7.74. The summed E-state index contributed by atoms with van der Waals surface area (Å²) in [6.45, 7) is 5.27. The van der Waals surface area contributed by atoms with Gasteiger partial charge >= 0.3 is 0 Å². The highest BCUT2D eigenvalue weighted by atomic mass is 16.5. The predicted octanol–water partition coefficient (Wildman–Crippen LogP) is 2.22. The van der Waals surface area contributed by atoms with Gasteiger partial charge in [-0.2, -0.15) is 0 Å². The van der Waals surface area contributed by atoms with Crippen LogP contribution in [0.15, 0.2) is 30.3 Å². The summed E-state index contributed by atoms with van der Waals surface area (Å²) in [6.07, 6.45) is 2.35. The predicted molar refractivity (Wildman–Crippen MR) is 84.0 cm³/mol. The first-order valence-corrected chi connectivity index (χ1v) is 7.74. The number of nitrogens with zero attached hydrogens (tertiary/aromatic N) is 1. The molecule has 1 N–H and O–H groups in total. The van der Waals surface area contributed by atoms with Crippen molar-refractivity contribution >= 4 is 5.91 Å². The molecule has 2 rings (SSSR count). The van der Waals surface area contributed by atoms with E-state index < -0.39 is 0 Å². The van der Waals surface area contributed by atoms with Crippen LogP contribution in [0, 0.1) is 5.92 Å². The Morgan fingerprint density at radius 3 is 2.90 bits per heavy atom. The number of rotatable bonds is 6. The highest BCUT2D eigenvalue weighted by Gasteiger charge is 2.22. The van der Waals surface area contributed by atoms with Gasteiger partial charge in [-0.3, -0.25) is 9.69 Å². The van der Waals surface area contributed by atoms with Crippen molar-refractivity contribution in [1.82, 2.24) is 10.2 Å². The van der Waals surface area contributed by atoms with Gasteiger partial charge in [-0.05, 0) is 37.8 Å². The maximum atomic E-state index is 12.2. The fraction of sp³-hybridized carbons (Fsp3) is 0.588. The number of carbonyl (C=O) groups is 1. The van der Waals surface area contributed by atoms with E-state index in [1.165, 1.54) is 6.42 Å². The molecule has 1 aliphatic rings. The second-order valence-corrected chi connectivity index (χ2v) is 5.90. The van der Waals surface area contributed by atoms with Crippen LogP contribution in [0.25, 0.3) is 0 Å². The summed E-state index contributed by atoms with van der Waals surface area (Å²) >= 11 is 0. The number of methoxy groups -OCH3 is 1. The maximum Gasteiger partial charge on any atom is 0.234 e. The van der Waals surface area contributed by atoms with Gasteiger partial charge in [0.2, 0.25) is 5.91 Å². The molecule has 1 aromatic carbocycles. The normalized spacial score (nSPS) is 21.0. The van der Waals surface area contributed by atoms with E-state index >= 15 is 0 Å². The van der Waals surface area contributed by atoms with Gasteiger partial charge in [0.15, 0.2) is 0 Å². The van der Waals surface area contributed by atoms with Crippen molar-refractivity contribution < 1.29 is 9.53 Å². The van der Waals surface area contributed by atoms with Crippen molar-refractivity contribution in [1.29, 1.82) is 0 Å². The zero-order valence-corrected chi connectivity index (χ0v) is 13.0. The SMILES string of the molecule is COC[C@@H]1CCCN(CC(=O)N[C@H](C)c2ccccc2)C1. The van der Waals surface area contributed by atoms with Gasteiger partial charge in [-0.15, -0.1) is 0 Å². The van der Waals surface area contributed by atoms with Crippen LogP contribution in [0.3, 0.4) is 0 Å². The highest BCUT2D eigenvalue weighted by molar-refractivity contribution is 5.78. The molecule has 116 valence electrons. The number of ether oxygens (including phenoxy) is 1. The molecule has 1 fully saturated rings. The maximum absolute atomic E-state index is 12.2. The summed E-state index contributed by atoms with van der Waals surface area (Å²) in [4.78, 5) is 14.4. The van der Waals surface area contributed by atoms with E-state index in [1.807, 2.05) is 37.3 Å². The number of benzene rings is 1. The van der Waals surface area contributed by atoms with Crippen molar-refractivity contribution in [2.45, 2.75) is 25.8 Å². The van der Waals surface area contributed by atoms with Crippen molar-refractivity contribution in [3.8, 4) is 0 Å². The van der Waals surface area contributed by atoms with Crippen LogP contribution in [0.1, 0.15) is 31.4 Å². The van der Waals surface area contributed by atoms with E-state index in [0.29, 0.717) is 12.5 Å². The molecule has 21 heavy (non-hydrogen) atoms. The average Bonchev–Trinajstić information content (AvgIpc) is 2.48. The van der Waals surface area contributed by atoms with Crippen LogP contribution in [0.5, 0.6) is 0 Å². The first-order chi connectivity index (χ1) is 10.2. The Morgan fingerprint density at radius 1 is 1.43 bits per heavy atom. The van der Waals surface area contributed by atoms with E-state index in [4.69, 9.17) is 4.74 Å². The average molecular weight is 290 g/mol. The molecule has 2 atom stereocenters. The zero-order chi connectivity index (χ0) is 15.1. The molecule has 1 saturated heterocycles. The molecule has 1 aliphatic heterocycles. The third-order valence-electron chi connectivity index (χ3n) is 4.05. The van der Waals surface area contributed by atoms with Gasteiger partial charge in [0.1, 0.15) is 0 Å². The Hall–Kier alpha value is -1.39. The van der Waals surface area contributed by atoms with E-state index in [9.17, 15) is 4.79 Å². The summed E-state index contributed by atoms with van der Waals surface area (Å²) in [7, 11) is 1.74. The summed E-state index contributed by atoms with van der Waals surface area (Å²) in [6, 6.07) is 10.1. The molecule has 0 saturated carbocycles. The lowest BCUT2D eigenvalue weighted by Gasteiger charge is -2.32. The van der Waals surface area contributed by atoms with E-state index in [-0.39, 0.29) is 11.9 Å². The number of hydrogen-bond donors (Lipinski definition) is 1.